The summed E-state index contributed by atoms with van der Waals surface area (Å²) in [5, 5.41) is 9.10. The molecule has 10 heteroatoms. The fourth-order valence-corrected chi connectivity index (χ4v) is 3.87. The van der Waals surface area contributed by atoms with E-state index in [1.54, 1.807) is 0 Å². The van der Waals surface area contributed by atoms with Gasteiger partial charge in [0.2, 0.25) is 10.0 Å². The Morgan fingerprint density at radius 1 is 1.32 bits per heavy atom. The zero-order valence-corrected chi connectivity index (χ0v) is 12.1. The molecule has 1 atom stereocenters. The molecule has 1 N–H and O–H groups in total. The quantitative estimate of drug-likeness (QED) is 0.907. The van der Waals surface area contributed by atoms with Gasteiger partial charge in [-0.3, -0.25) is 9.78 Å². The van der Waals surface area contributed by atoms with Crippen LogP contribution in [0.2, 0.25) is 0 Å². The SMILES string of the molecule is O=C(O)C1CCCCN1S(=O)(=O)c1ccc(C(F)(F)F)nc1. The lowest BCUT2D eigenvalue weighted by atomic mass is 10.1. The summed E-state index contributed by atoms with van der Waals surface area (Å²) in [5.74, 6) is -1.27. The number of carbonyl (C=O) groups is 1. The highest BCUT2D eigenvalue weighted by Crippen LogP contribution is 2.29. The first kappa shape index (κ1) is 16.7. The van der Waals surface area contributed by atoms with Crippen LogP contribution in [0.3, 0.4) is 0 Å². The van der Waals surface area contributed by atoms with Gasteiger partial charge < -0.3 is 5.11 Å². The fourth-order valence-electron chi connectivity index (χ4n) is 2.28. The average molecular weight is 338 g/mol. The van der Waals surface area contributed by atoms with E-state index in [9.17, 15) is 26.4 Å². The largest absolute Gasteiger partial charge is 0.480 e. The van der Waals surface area contributed by atoms with Crippen molar-refractivity contribution in [2.24, 2.45) is 0 Å². The van der Waals surface area contributed by atoms with Crippen LogP contribution in [0.4, 0.5) is 13.2 Å². The number of rotatable bonds is 3. The molecule has 1 aromatic heterocycles. The van der Waals surface area contributed by atoms with Crippen molar-refractivity contribution in [3.63, 3.8) is 0 Å². The lowest BCUT2D eigenvalue weighted by molar-refractivity contribution is -0.142. The minimum absolute atomic E-state index is 0.0142. The number of carboxylic acid groups (broad SMARTS) is 1. The van der Waals surface area contributed by atoms with Crippen LogP contribution in [0.1, 0.15) is 25.0 Å². The number of hydrogen-bond acceptors (Lipinski definition) is 4. The molecule has 122 valence electrons. The topological polar surface area (TPSA) is 87.6 Å². The van der Waals surface area contributed by atoms with Crippen LogP contribution in [0.15, 0.2) is 23.2 Å². The van der Waals surface area contributed by atoms with Gasteiger partial charge in [-0.05, 0) is 31.4 Å². The molecule has 2 rings (SSSR count). The second-order valence-corrected chi connectivity index (χ2v) is 6.73. The highest BCUT2D eigenvalue weighted by Gasteiger charge is 2.38. The number of carboxylic acids is 1. The monoisotopic (exact) mass is 338 g/mol. The summed E-state index contributed by atoms with van der Waals surface area (Å²) < 4.78 is 62.9. The molecule has 6 nitrogen and oxygen atoms in total. The van der Waals surface area contributed by atoms with Gasteiger partial charge in [0, 0.05) is 12.7 Å². The maximum atomic E-state index is 12.4. The first-order chi connectivity index (χ1) is 10.1. The second-order valence-electron chi connectivity index (χ2n) is 4.84. The lowest BCUT2D eigenvalue weighted by Gasteiger charge is -2.31. The number of hydrogen-bond donors (Lipinski definition) is 1. The van der Waals surface area contributed by atoms with E-state index < -0.39 is 38.8 Å². The predicted octanol–water partition coefficient (Wildman–Crippen LogP) is 1.73. The number of nitrogens with zero attached hydrogens (tertiary/aromatic N) is 2. The summed E-state index contributed by atoms with van der Waals surface area (Å²) in [4.78, 5) is 13.8. The van der Waals surface area contributed by atoms with Gasteiger partial charge in [-0.15, -0.1) is 0 Å². The summed E-state index contributed by atoms with van der Waals surface area (Å²) in [6, 6.07) is 0.145. The molecule has 0 amide bonds. The second kappa shape index (κ2) is 5.84. The molecular weight excluding hydrogens is 325 g/mol. The molecule has 1 aromatic rings. The predicted molar refractivity (Wildman–Crippen MR) is 68.4 cm³/mol. The summed E-state index contributed by atoms with van der Waals surface area (Å²) in [6.45, 7) is 0.0142. The number of piperidine rings is 1. The highest BCUT2D eigenvalue weighted by atomic mass is 32.2. The van der Waals surface area contributed by atoms with Gasteiger partial charge in [0.1, 0.15) is 16.6 Å². The van der Waals surface area contributed by atoms with E-state index in [2.05, 4.69) is 4.98 Å². The third kappa shape index (κ3) is 3.22. The van der Waals surface area contributed by atoms with Crippen LogP contribution in [0.5, 0.6) is 0 Å². The molecule has 1 saturated heterocycles. The molecule has 0 spiro atoms. The third-order valence-electron chi connectivity index (χ3n) is 3.37. The van der Waals surface area contributed by atoms with Crippen molar-refractivity contribution in [1.29, 1.82) is 0 Å². The van der Waals surface area contributed by atoms with E-state index >= 15 is 0 Å². The normalized spacial score (nSPS) is 20.8. The minimum Gasteiger partial charge on any atom is -0.480 e. The van der Waals surface area contributed by atoms with Crippen molar-refractivity contribution < 1.29 is 31.5 Å². The van der Waals surface area contributed by atoms with Gasteiger partial charge in [0.05, 0.1) is 0 Å². The molecule has 1 aliphatic rings. The Labute approximate surface area is 124 Å². The highest BCUT2D eigenvalue weighted by molar-refractivity contribution is 7.89. The van der Waals surface area contributed by atoms with E-state index in [0.717, 1.165) is 10.4 Å². The number of sulfonamides is 1. The van der Waals surface area contributed by atoms with E-state index in [1.165, 1.54) is 0 Å². The van der Waals surface area contributed by atoms with Crippen LogP contribution in [0, 0.1) is 0 Å². The smallest absolute Gasteiger partial charge is 0.433 e. The Bertz CT molecular complexity index is 658. The van der Waals surface area contributed by atoms with E-state index in [1.807, 2.05) is 0 Å². The summed E-state index contributed by atoms with van der Waals surface area (Å²) in [7, 11) is -4.20. The van der Waals surface area contributed by atoms with Crippen molar-refractivity contribution in [1.82, 2.24) is 9.29 Å². The minimum atomic E-state index is -4.67. The fraction of sp³-hybridized carbons (Fsp3) is 0.500. The Balaban J connectivity index is 2.35. The van der Waals surface area contributed by atoms with Crippen molar-refractivity contribution in [3.8, 4) is 0 Å². The summed E-state index contributed by atoms with van der Waals surface area (Å²) >= 11 is 0. The number of aromatic nitrogens is 1. The van der Waals surface area contributed by atoms with Crippen molar-refractivity contribution >= 4 is 16.0 Å². The Morgan fingerprint density at radius 2 is 2.00 bits per heavy atom. The zero-order valence-electron chi connectivity index (χ0n) is 11.2. The number of alkyl halides is 3. The van der Waals surface area contributed by atoms with Crippen LogP contribution in [-0.2, 0) is 21.0 Å². The van der Waals surface area contributed by atoms with Crippen molar-refractivity contribution in [2.75, 3.05) is 6.54 Å². The lowest BCUT2D eigenvalue weighted by Crippen LogP contribution is -2.47. The average Bonchev–Trinajstić information content (AvgIpc) is 2.46. The Hall–Kier alpha value is -1.68. The maximum Gasteiger partial charge on any atom is 0.433 e. The molecule has 0 aromatic carbocycles. The van der Waals surface area contributed by atoms with Crippen LogP contribution < -0.4 is 0 Å². The first-order valence-corrected chi connectivity index (χ1v) is 7.86. The van der Waals surface area contributed by atoms with Crippen LogP contribution in [0.25, 0.3) is 0 Å². The number of pyridine rings is 1. The Kier molecular flexibility index (Phi) is 4.43. The van der Waals surface area contributed by atoms with E-state index in [-0.39, 0.29) is 13.0 Å². The van der Waals surface area contributed by atoms with Crippen molar-refractivity contribution in [3.05, 3.63) is 24.0 Å². The molecule has 0 bridgehead atoms. The standard InChI is InChI=1S/C12H13F3N2O4S/c13-12(14,15)10-5-4-8(7-16-10)22(20,21)17-6-2-1-3-9(17)11(18)19/h4-5,7,9H,1-3,6H2,(H,18,19). The molecule has 0 aliphatic carbocycles. The van der Waals surface area contributed by atoms with Crippen LogP contribution >= 0.6 is 0 Å². The molecule has 1 fully saturated rings. The molecular formula is C12H13F3N2O4S. The number of halogens is 3. The molecule has 22 heavy (non-hydrogen) atoms. The van der Waals surface area contributed by atoms with Gasteiger partial charge >= 0.3 is 12.1 Å². The molecule has 2 heterocycles. The molecule has 1 unspecified atom stereocenters. The molecule has 1 aliphatic heterocycles. The van der Waals surface area contributed by atoms with Gasteiger partial charge in [0.15, 0.2) is 0 Å². The zero-order chi connectivity index (χ0) is 16.5. The van der Waals surface area contributed by atoms with Gasteiger partial charge in [-0.2, -0.15) is 17.5 Å². The molecule has 0 radical (unpaired) electrons. The van der Waals surface area contributed by atoms with Gasteiger partial charge in [-0.1, -0.05) is 0 Å². The Morgan fingerprint density at radius 3 is 2.50 bits per heavy atom. The first-order valence-electron chi connectivity index (χ1n) is 6.42. The number of aliphatic carboxylic acids is 1. The van der Waals surface area contributed by atoms with Crippen molar-refractivity contribution in [2.45, 2.75) is 36.4 Å². The van der Waals surface area contributed by atoms with Crippen LogP contribution in [-0.4, -0.2) is 41.4 Å². The summed E-state index contributed by atoms with van der Waals surface area (Å²) in [6.07, 6.45) is -2.82. The molecule has 0 saturated carbocycles. The van der Waals surface area contributed by atoms with E-state index in [4.69, 9.17) is 5.11 Å². The van der Waals surface area contributed by atoms with Gasteiger partial charge in [0.25, 0.3) is 0 Å². The maximum absolute atomic E-state index is 12.4. The van der Waals surface area contributed by atoms with E-state index in [0.29, 0.717) is 25.1 Å². The summed E-state index contributed by atoms with van der Waals surface area (Å²) in [5.41, 5.74) is -1.21. The third-order valence-corrected chi connectivity index (χ3v) is 5.26. The van der Waals surface area contributed by atoms with Gasteiger partial charge in [-0.25, -0.2) is 8.42 Å².